The first kappa shape index (κ1) is 24.5. The molecule has 1 nitrogen and oxygen atoms in total. The zero-order chi connectivity index (χ0) is 24.2. The fourth-order valence-electron chi connectivity index (χ4n) is 5.17. The molecule has 1 saturated carbocycles. The van der Waals surface area contributed by atoms with E-state index in [2.05, 4.69) is 11.7 Å². The Morgan fingerprint density at radius 1 is 0.882 bits per heavy atom. The molecular weight excluding hydrogens is 447 g/mol. The van der Waals surface area contributed by atoms with Gasteiger partial charge in [0.25, 0.3) is 0 Å². The fraction of sp³-hybridized carbons (Fsp3) is 0.429. The van der Waals surface area contributed by atoms with Gasteiger partial charge in [0.05, 0.1) is 0 Å². The lowest BCUT2D eigenvalue weighted by Crippen LogP contribution is -2.13. The van der Waals surface area contributed by atoms with Crippen molar-refractivity contribution in [3.05, 3.63) is 65.5 Å². The maximum absolute atomic E-state index is 15.3. The Morgan fingerprint density at radius 2 is 1.59 bits per heavy atom. The van der Waals surface area contributed by atoms with Crippen LogP contribution in [0.25, 0.3) is 21.9 Å². The number of fused-ring (bicyclic) bond motifs is 1. The number of hydrogen-bond acceptors (Lipinski definition) is 1. The molecule has 0 aliphatic heterocycles. The third kappa shape index (κ3) is 5.37. The van der Waals surface area contributed by atoms with Crippen molar-refractivity contribution in [2.24, 2.45) is 5.92 Å². The standard InChI is InChI=1S/C28H29F5O/c1-2-3-4-5-17-6-8-18(9-7-17)19-10-12-22-20(14-19)11-13-23(26(22)31)21-15-24(29)27(25(30)16-21)34-28(32)33/h10-18,28H,2-9H2,1H3. The van der Waals surface area contributed by atoms with E-state index in [4.69, 9.17) is 0 Å². The number of hydrogen-bond donors (Lipinski definition) is 0. The van der Waals surface area contributed by atoms with Crippen LogP contribution in [0.3, 0.4) is 0 Å². The van der Waals surface area contributed by atoms with Gasteiger partial charge in [0.15, 0.2) is 17.4 Å². The van der Waals surface area contributed by atoms with E-state index in [0.717, 1.165) is 36.3 Å². The zero-order valence-corrected chi connectivity index (χ0v) is 19.2. The van der Waals surface area contributed by atoms with Crippen LogP contribution in [0, 0.1) is 23.4 Å². The highest BCUT2D eigenvalue weighted by atomic mass is 19.3. The summed E-state index contributed by atoms with van der Waals surface area (Å²) in [5.74, 6) is -3.14. The molecule has 0 spiro atoms. The van der Waals surface area contributed by atoms with Crippen LogP contribution in [0.2, 0.25) is 0 Å². The smallest absolute Gasteiger partial charge is 0.387 e. The Balaban J connectivity index is 1.54. The van der Waals surface area contributed by atoms with Gasteiger partial charge in [0.1, 0.15) is 5.82 Å². The number of rotatable bonds is 8. The average molecular weight is 477 g/mol. The van der Waals surface area contributed by atoms with Gasteiger partial charge in [0, 0.05) is 10.9 Å². The minimum Gasteiger partial charge on any atom is -0.429 e. The largest absolute Gasteiger partial charge is 0.429 e. The monoisotopic (exact) mass is 476 g/mol. The van der Waals surface area contributed by atoms with Crippen molar-refractivity contribution in [3.63, 3.8) is 0 Å². The van der Waals surface area contributed by atoms with Gasteiger partial charge in [-0.1, -0.05) is 62.9 Å². The van der Waals surface area contributed by atoms with Crippen molar-refractivity contribution < 1.29 is 26.7 Å². The van der Waals surface area contributed by atoms with E-state index in [0.29, 0.717) is 11.3 Å². The molecule has 1 fully saturated rings. The van der Waals surface area contributed by atoms with Crippen LogP contribution in [0.4, 0.5) is 22.0 Å². The Morgan fingerprint density at radius 3 is 2.24 bits per heavy atom. The van der Waals surface area contributed by atoms with Gasteiger partial charge in [-0.2, -0.15) is 8.78 Å². The number of unbranched alkanes of at least 4 members (excludes halogenated alkanes) is 2. The third-order valence-electron chi connectivity index (χ3n) is 7.03. The molecule has 0 amide bonds. The first-order valence-corrected chi connectivity index (χ1v) is 12.0. The maximum Gasteiger partial charge on any atom is 0.387 e. The SMILES string of the molecule is CCCCCC1CCC(c2ccc3c(F)c(-c4cc(F)c(OC(F)F)c(F)c4)ccc3c2)CC1. The third-order valence-corrected chi connectivity index (χ3v) is 7.03. The predicted octanol–water partition coefficient (Wildman–Crippen LogP) is 9.38. The van der Waals surface area contributed by atoms with E-state index in [1.807, 2.05) is 12.1 Å². The molecular formula is C28H29F5O. The second-order valence-electron chi connectivity index (χ2n) is 9.27. The summed E-state index contributed by atoms with van der Waals surface area (Å²) in [5, 5.41) is 1.07. The number of benzene rings is 3. The molecule has 0 radical (unpaired) electrons. The lowest BCUT2D eigenvalue weighted by atomic mass is 9.76. The second kappa shape index (κ2) is 10.7. The summed E-state index contributed by atoms with van der Waals surface area (Å²) in [7, 11) is 0. The average Bonchev–Trinajstić information content (AvgIpc) is 2.82. The summed E-state index contributed by atoms with van der Waals surface area (Å²) < 4.78 is 72.3. The summed E-state index contributed by atoms with van der Waals surface area (Å²) in [6.07, 6.45) is 9.87. The Kier molecular flexibility index (Phi) is 7.74. The summed E-state index contributed by atoms with van der Waals surface area (Å²) in [6.45, 7) is -1.14. The van der Waals surface area contributed by atoms with E-state index in [1.165, 1.54) is 50.2 Å². The van der Waals surface area contributed by atoms with E-state index < -0.39 is 29.8 Å². The molecule has 6 heteroatoms. The highest BCUT2D eigenvalue weighted by molar-refractivity contribution is 5.89. The van der Waals surface area contributed by atoms with E-state index >= 15 is 4.39 Å². The summed E-state index contributed by atoms with van der Waals surface area (Å²) >= 11 is 0. The van der Waals surface area contributed by atoms with Crippen LogP contribution in [-0.2, 0) is 0 Å². The van der Waals surface area contributed by atoms with Crippen molar-refractivity contribution in [2.75, 3.05) is 0 Å². The molecule has 0 saturated heterocycles. The van der Waals surface area contributed by atoms with Gasteiger partial charge in [0.2, 0.25) is 0 Å². The number of halogens is 5. The van der Waals surface area contributed by atoms with Gasteiger partial charge < -0.3 is 4.74 Å². The van der Waals surface area contributed by atoms with Crippen molar-refractivity contribution in [3.8, 4) is 16.9 Å². The normalized spacial score (nSPS) is 18.6. The maximum atomic E-state index is 15.3. The summed E-state index contributed by atoms with van der Waals surface area (Å²) in [5.41, 5.74) is 1.10. The van der Waals surface area contributed by atoms with Gasteiger partial charge in [-0.3, -0.25) is 0 Å². The molecule has 1 aliphatic carbocycles. The van der Waals surface area contributed by atoms with Crippen molar-refractivity contribution >= 4 is 10.8 Å². The molecule has 4 rings (SSSR count). The summed E-state index contributed by atoms with van der Waals surface area (Å²) in [4.78, 5) is 0. The molecule has 182 valence electrons. The molecule has 3 aromatic carbocycles. The van der Waals surface area contributed by atoms with Crippen molar-refractivity contribution in [1.82, 2.24) is 0 Å². The van der Waals surface area contributed by atoms with Crippen LogP contribution in [0.1, 0.15) is 69.8 Å². The van der Waals surface area contributed by atoms with Gasteiger partial charge >= 0.3 is 6.61 Å². The lowest BCUT2D eigenvalue weighted by Gasteiger charge is -2.29. The Bertz CT molecular complexity index is 1110. The minimum absolute atomic E-state index is 0.00534. The first-order chi connectivity index (χ1) is 16.4. The predicted molar refractivity (Wildman–Crippen MR) is 125 cm³/mol. The summed E-state index contributed by atoms with van der Waals surface area (Å²) in [6, 6.07) is 10.5. The quantitative estimate of drug-likeness (QED) is 0.232. The highest BCUT2D eigenvalue weighted by Gasteiger charge is 2.23. The van der Waals surface area contributed by atoms with Crippen LogP contribution in [-0.4, -0.2) is 6.61 Å². The molecule has 0 aromatic heterocycles. The Labute approximate surface area is 196 Å². The fourth-order valence-corrected chi connectivity index (χ4v) is 5.17. The van der Waals surface area contributed by atoms with E-state index in [1.54, 1.807) is 12.1 Å². The minimum atomic E-state index is -3.36. The van der Waals surface area contributed by atoms with Gasteiger partial charge in [-0.15, -0.1) is 0 Å². The topological polar surface area (TPSA) is 9.23 Å². The zero-order valence-electron chi connectivity index (χ0n) is 19.2. The molecule has 0 bridgehead atoms. The van der Waals surface area contributed by atoms with Crippen LogP contribution in [0.15, 0.2) is 42.5 Å². The van der Waals surface area contributed by atoms with Crippen molar-refractivity contribution in [1.29, 1.82) is 0 Å². The van der Waals surface area contributed by atoms with Crippen LogP contribution >= 0.6 is 0 Å². The molecule has 0 N–H and O–H groups in total. The van der Waals surface area contributed by atoms with Gasteiger partial charge in [-0.25, -0.2) is 13.2 Å². The molecule has 1 aliphatic rings. The highest BCUT2D eigenvalue weighted by Crippen LogP contribution is 2.40. The number of ether oxygens (including phenoxy) is 1. The molecule has 0 atom stereocenters. The second-order valence-corrected chi connectivity index (χ2v) is 9.27. The molecule has 0 heterocycles. The molecule has 34 heavy (non-hydrogen) atoms. The first-order valence-electron chi connectivity index (χ1n) is 12.0. The van der Waals surface area contributed by atoms with Gasteiger partial charge in [-0.05, 0) is 66.2 Å². The number of alkyl halides is 2. The van der Waals surface area contributed by atoms with Crippen molar-refractivity contribution in [2.45, 2.75) is 70.8 Å². The van der Waals surface area contributed by atoms with Crippen LogP contribution in [0.5, 0.6) is 5.75 Å². The molecule has 3 aromatic rings. The molecule has 0 unspecified atom stereocenters. The lowest BCUT2D eigenvalue weighted by molar-refractivity contribution is -0.0546. The van der Waals surface area contributed by atoms with E-state index in [-0.39, 0.29) is 11.1 Å². The van der Waals surface area contributed by atoms with E-state index in [9.17, 15) is 17.6 Å². The Hall–Kier alpha value is -2.63. The van der Waals surface area contributed by atoms with Crippen LogP contribution < -0.4 is 4.74 Å².